The smallest absolute Gasteiger partial charge is 0.387 e. The number of hydrogen-bond donors (Lipinski definition) is 9. The first-order valence-electron chi connectivity index (χ1n) is 16.6. The fourth-order valence-electron chi connectivity index (χ4n) is 5.97. The van der Waals surface area contributed by atoms with Crippen LogP contribution in [0.1, 0.15) is 57.6 Å². The van der Waals surface area contributed by atoms with Crippen molar-refractivity contribution in [1.82, 2.24) is 35.5 Å². The number of aliphatic hydroxyl groups is 2. The number of aliphatic hydroxyl groups excluding tert-OH is 2. The zero-order valence-electron chi connectivity index (χ0n) is 28.3. The highest BCUT2D eigenvalue weighted by molar-refractivity contribution is 8.00. The number of unbranched alkanes of at least 4 members (excludes halogenated alkanes) is 3. The molecule has 3 fully saturated rings. The maximum Gasteiger partial charge on any atom is 0.538 e. The van der Waals surface area contributed by atoms with E-state index >= 15 is 0 Å². The highest BCUT2D eigenvalue weighted by atomic mass is 32.2. The molecule has 3 amide bonds. The van der Waals surface area contributed by atoms with Gasteiger partial charge in [0, 0.05) is 30.4 Å². The number of amides is 3. The van der Waals surface area contributed by atoms with Crippen molar-refractivity contribution >= 4 is 70.1 Å². The zero-order valence-corrected chi connectivity index (χ0v) is 31.8. The standard InChI is InChI=1S/C26H41N8O16P3S/c27-23-20-24(30-12-29-23)34(13-31-20)25-22(38)21(37)15(47-25)10-46-51(40,41)49-53(44,45)50-52(42,43)48-18(36)8-2-1-5-9-28-17(35)7-4-3-6-16-19-14(11-54-16)32-26(39)33-19/h12-16,19,21-22,25,37-38H,1-11H2,(H,28,35)(H,40,41)(H,42,43)(H,44,45)(H2,27,29,30)(H2,32,33,39)/t14-,15+,16-,19-,21+,22+,25+/m0/s1. The van der Waals surface area contributed by atoms with E-state index in [4.69, 9.17) is 10.5 Å². The van der Waals surface area contributed by atoms with E-state index in [0.29, 0.717) is 37.5 Å². The minimum absolute atomic E-state index is 0.0218. The fraction of sp³-hybridized carbons (Fsp3) is 0.692. The molecule has 0 saturated carbocycles. The molecule has 54 heavy (non-hydrogen) atoms. The largest absolute Gasteiger partial charge is 0.538 e. The molecule has 302 valence electrons. The van der Waals surface area contributed by atoms with E-state index in [1.807, 2.05) is 11.8 Å². The predicted octanol–water partition coefficient (Wildman–Crippen LogP) is 0.324. The molecule has 0 spiro atoms. The summed E-state index contributed by atoms with van der Waals surface area (Å²) in [6.07, 6.45) is -0.565. The molecule has 0 aromatic carbocycles. The Bertz CT molecular complexity index is 1830. The van der Waals surface area contributed by atoms with Gasteiger partial charge >= 0.3 is 35.5 Å². The maximum atomic E-state index is 12.4. The lowest BCUT2D eigenvalue weighted by molar-refractivity contribution is -0.135. The Morgan fingerprint density at radius 1 is 0.981 bits per heavy atom. The lowest BCUT2D eigenvalue weighted by atomic mass is 10.0. The molecule has 0 bridgehead atoms. The zero-order chi connectivity index (χ0) is 39.3. The van der Waals surface area contributed by atoms with Gasteiger partial charge in [0.2, 0.25) is 5.91 Å². The average Bonchev–Trinajstić information content (AvgIpc) is 3.83. The van der Waals surface area contributed by atoms with Crippen LogP contribution < -0.4 is 21.7 Å². The minimum Gasteiger partial charge on any atom is -0.387 e. The van der Waals surface area contributed by atoms with Crippen LogP contribution >= 0.6 is 35.2 Å². The molecule has 10 N–H and O–H groups in total. The van der Waals surface area contributed by atoms with Crippen LogP contribution in [0.5, 0.6) is 0 Å². The summed E-state index contributed by atoms with van der Waals surface area (Å²) in [6, 6.07) is 0.125. The number of urea groups is 1. The SMILES string of the molecule is Nc1ncnc2c1ncn2[C@@H]1O[C@H](COP(=O)(O)OP(=O)(O)OP(=O)(O)OC(=O)CCCCCNC(=O)CCCC[C@@H]2SC[C@@H]3NC(=O)N[C@@H]32)[C@@H](O)[C@H]1O. The van der Waals surface area contributed by atoms with Crippen LogP contribution in [-0.4, -0.2) is 117 Å². The van der Waals surface area contributed by atoms with Gasteiger partial charge in [0.1, 0.15) is 30.2 Å². The van der Waals surface area contributed by atoms with Crippen LogP contribution in [0.15, 0.2) is 12.7 Å². The summed E-state index contributed by atoms with van der Waals surface area (Å²) >= 11 is 1.81. The minimum atomic E-state index is -5.92. The van der Waals surface area contributed by atoms with Crippen molar-refractivity contribution in [2.24, 2.45) is 0 Å². The maximum absolute atomic E-state index is 12.4. The van der Waals surface area contributed by atoms with E-state index < -0.39 is 67.0 Å². The molecular weight excluding hydrogens is 805 g/mol. The van der Waals surface area contributed by atoms with Crippen molar-refractivity contribution in [1.29, 1.82) is 0 Å². The third-order valence-electron chi connectivity index (χ3n) is 8.49. The first-order chi connectivity index (χ1) is 25.4. The van der Waals surface area contributed by atoms with Gasteiger partial charge in [-0.1, -0.05) is 12.8 Å². The van der Waals surface area contributed by atoms with Gasteiger partial charge in [0.25, 0.3) is 0 Å². The number of anilines is 1. The first-order valence-corrected chi connectivity index (χ1v) is 22.1. The summed E-state index contributed by atoms with van der Waals surface area (Å²) < 4.78 is 60.3. The first kappa shape index (κ1) is 42.4. The number of phosphoric acid groups is 3. The highest BCUT2D eigenvalue weighted by Crippen LogP contribution is 2.67. The monoisotopic (exact) mass is 846 g/mol. The van der Waals surface area contributed by atoms with Gasteiger partial charge in [-0.3, -0.25) is 23.6 Å². The van der Waals surface area contributed by atoms with E-state index in [0.717, 1.165) is 24.9 Å². The number of phosphoric ester groups is 2. The highest BCUT2D eigenvalue weighted by Gasteiger charge is 2.48. The van der Waals surface area contributed by atoms with Crippen molar-refractivity contribution in [2.75, 3.05) is 24.6 Å². The van der Waals surface area contributed by atoms with Gasteiger partial charge in [-0.2, -0.15) is 20.4 Å². The van der Waals surface area contributed by atoms with Gasteiger partial charge < -0.3 is 50.9 Å². The number of nitrogen functional groups attached to an aromatic ring is 1. The van der Waals surface area contributed by atoms with E-state index in [1.165, 1.54) is 10.9 Å². The number of ether oxygens (including phenoxy) is 1. The number of thioether (sulfide) groups is 1. The summed E-state index contributed by atoms with van der Waals surface area (Å²) in [5, 5.41) is 29.8. The Hall–Kier alpha value is -2.76. The predicted molar refractivity (Wildman–Crippen MR) is 185 cm³/mol. The number of carbonyl (C=O) groups is 3. The van der Waals surface area contributed by atoms with Crippen LogP contribution in [0.2, 0.25) is 0 Å². The summed E-state index contributed by atoms with van der Waals surface area (Å²) in [5.74, 6) is -0.541. The van der Waals surface area contributed by atoms with Gasteiger partial charge in [0.05, 0.1) is 25.0 Å². The van der Waals surface area contributed by atoms with E-state index in [2.05, 4.69) is 48.6 Å². The number of rotatable bonds is 20. The van der Waals surface area contributed by atoms with Crippen molar-refractivity contribution in [3.8, 4) is 0 Å². The summed E-state index contributed by atoms with van der Waals surface area (Å²) in [6.45, 7) is -0.688. The molecule has 24 nitrogen and oxygen atoms in total. The molecule has 3 unspecified atom stereocenters. The van der Waals surface area contributed by atoms with E-state index in [1.54, 1.807) is 0 Å². The fourth-order valence-corrected chi connectivity index (χ4v) is 11.0. The second-order valence-electron chi connectivity index (χ2n) is 12.5. The molecule has 5 heterocycles. The van der Waals surface area contributed by atoms with Crippen molar-refractivity contribution in [2.45, 2.75) is 93.2 Å². The van der Waals surface area contributed by atoms with Crippen LogP contribution in [0.4, 0.5) is 10.6 Å². The molecule has 3 aliphatic rings. The number of fused-ring (bicyclic) bond motifs is 2. The van der Waals surface area contributed by atoms with Gasteiger partial charge in [-0.15, -0.1) is 0 Å². The lowest BCUT2D eigenvalue weighted by Crippen LogP contribution is -2.36. The van der Waals surface area contributed by atoms with E-state index in [-0.39, 0.29) is 47.4 Å². The molecule has 5 rings (SSSR count). The third-order valence-corrected chi connectivity index (χ3v) is 14.2. The molecule has 28 heteroatoms. The van der Waals surface area contributed by atoms with Gasteiger partial charge in [-0.05, 0) is 25.7 Å². The summed E-state index contributed by atoms with van der Waals surface area (Å²) in [5.41, 5.74) is 6.03. The quantitative estimate of drug-likeness (QED) is 0.0492. The molecule has 3 saturated heterocycles. The Morgan fingerprint density at radius 2 is 1.72 bits per heavy atom. The Balaban J connectivity index is 0.943. The lowest BCUT2D eigenvalue weighted by Gasteiger charge is -2.20. The van der Waals surface area contributed by atoms with Crippen LogP contribution in [0.25, 0.3) is 11.2 Å². The van der Waals surface area contributed by atoms with Crippen LogP contribution in [0.3, 0.4) is 0 Å². The molecule has 3 aliphatic heterocycles. The van der Waals surface area contributed by atoms with Crippen molar-refractivity contribution in [3.05, 3.63) is 12.7 Å². The molecule has 2 aromatic heterocycles. The van der Waals surface area contributed by atoms with Crippen LogP contribution in [-0.2, 0) is 45.7 Å². The van der Waals surface area contributed by atoms with Gasteiger partial charge in [0.15, 0.2) is 17.7 Å². The summed E-state index contributed by atoms with van der Waals surface area (Å²) in [4.78, 5) is 77.0. The topological polar surface area (TPSA) is 355 Å². The molecular formula is C26H41N8O16P3S. The van der Waals surface area contributed by atoms with Crippen molar-refractivity contribution in [3.63, 3.8) is 0 Å². The molecule has 2 aromatic rings. The average molecular weight is 847 g/mol. The second kappa shape index (κ2) is 18.0. The number of nitrogens with one attached hydrogen (secondary N) is 3. The third kappa shape index (κ3) is 11.4. The summed E-state index contributed by atoms with van der Waals surface area (Å²) in [7, 11) is -17.2. The Kier molecular flexibility index (Phi) is 14.1. The molecule has 0 radical (unpaired) electrons. The second-order valence-corrected chi connectivity index (χ2v) is 18.3. The number of hydrogen-bond acceptors (Lipinski definition) is 18. The normalized spacial score (nSPS) is 28.4. The number of aromatic nitrogens is 4. The number of carbonyl (C=O) groups excluding carboxylic acids is 3. The Morgan fingerprint density at radius 3 is 2.50 bits per heavy atom. The van der Waals surface area contributed by atoms with Crippen LogP contribution in [0, 0.1) is 0 Å². The van der Waals surface area contributed by atoms with Gasteiger partial charge in [-0.25, -0.2) is 33.4 Å². The Labute approximate surface area is 311 Å². The number of nitrogens with zero attached hydrogens (tertiary/aromatic N) is 4. The van der Waals surface area contributed by atoms with Crippen molar-refractivity contribution < 1.29 is 75.4 Å². The molecule has 10 atom stereocenters. The number of imidazole rings is 1. The molecule has 0 aliphatic carbocycles. The van der Waals surface area contributed by atoms with E-state index in [9.17, 15) is 53.0 Å². The number of nitrogens with two attached hydrogens (primary N) is 1.